The first-order chi connectivity index (χ1) is 7.81. The molecule has 0 fully saturated rings. The highest BCUT2D eigenvalue weighted by Crippen LogP contribution is 2.11. The van der Waals surface area contributed by atoms with Gasteiger partial charge in [0.05, 0.1) is 17.7 Å². The second kappa shape index (κ2) is 5.18. The highest BCUT2D eigenvalue weighted by atomic mass is 32.1. The van der Waals surface area contributed by atoms with E-state index < -0.39 is 0 Å². The van der Waals surface area contributed by atoms with Crippen LogP contribution in [0.25, 0.3) is 0 Å². The lowest BCUT2D eigenvalue weighted by Gasteiger charge is -2.04. The van der Waals surface area contributed by atoms with E-state index in [-0.39, 0.29) is 0 Å². The third-order valence-electron chi connectivity index (χ3n) is 2.45. The molecule has 6 heteroatoms. The number of aryl methyl sites for hydroxylation is 2. The molecule has 0 amide bonds. The van der Waals surface area contributed by atoms with E-state index in [9.17, 15) is 0 Å². The second-order valence-electron chi connectivity index (χ2n) is 3.50. The topological polar surface area (TPSA) is 55.6 Å². The quantitative estimate of drug-likeness (QED) is 0.853. The van der Waals surface area contributed by atoms with Crippen LogP contribution in [0.1, 0.15) is 23.3 Å². The first-order valence-corrected chi connectivity index (χ1v) is 6.15. The lowest BCUT2D eigenvalue weighted by molar-refractivity contribution is 0.614. The van der Waals surface area contributed by atoms with Crippen molar-refractivity contribution < 1.29 is 0 Å². The smallest absolute Gasteiger partial charge is 0.146 e. The van der Waals surface area contributed by atoms with Crippen molar-refractivity contribution in [3.05, 3.63) is 28.2 Å². The van der Waals surface area contributed by atoms with Gasteiger partial charge in [-0.25, -0.2) is 4.98 Å². The Balaban J connectivity index is 1.87. The standard InChI is InChI=1S/C10H15N5S/c1-3-15-6-13-14-10(15)5-11-4-9-8(2)12-7-16-9/h6-7,11H,3-5H2,1-2H3. The van der Waals surface area contributed by atoms with Crippen LogP contribution in [0.2, 0.25) is 0 Å². The largest absolute Gasteiger partial charge is 0.317 e. The van der Waals surface area contributed by atoms with Crippen molar-refractivity contribution in [3.63, 3.8) is 0 Å². The predicted octanol–water partition coefficient (Wildman–Crippen LogP) is 1.35. The van der Waals surface area contributed by atoms with Crippen LogP contribution < -0.4 is 5.32 Å². The molecule has 5 nitrogen and oxygen atoms in total. The molecule has 1 N–H and O–H groups in total. The Labute approximate surface area is 98.5 Å². The van der Waals surface area contributed by atoms with Crippen LogP contribution in [0, 0.1) is 6.92 Å². The Kier molecular flexibility index (Phi) is 3.63. The number of thiazole rings is 1. The number of nitrogens with zero attached hydrogens (tertiary/aromatic N) is 4. The van der Waals surface area contributed by atoms with Crippen molar-refractivity contribution in [1.29, 1.82) is 0 Å². The third-order valence-corrected chi connectivity index (χ3v) is 3.39. The minimum absolute atomic E-state index is 0.741. The zero-order chi connectivity index (χ0) is 11.4. The fourth-order valence-electron chi connectivity index (χ4n) is 1.46. The SMILES string of the molecule is CCn1cnnc1CNCc1scnc1C. The minimum atomic E-state index is 0.741. The van der Waals surface area contributed by atoms with E-state index in [1.54, 1.807) is 17.7 Å². The Morgan fingerprint density at radius 1 is 1.44 bits per heavy atom. The summed E-state index contributed by atoms with van der Waals surface area (Å²) in [5, 5.41) is 11.3. The molecule has 0 bridgehead atoms. The van der Waals surface area contributed by atoms with Crippen LogP contribution in [-0.2, 0) is 19.6 Å². The van der Waals surface area contributed by atoms with Gasteiger partial charge in [0.25, 0.3) is 0 Å². The summed E-state index contributed by atoms with van der Waals surface area (Å²) in [5.41, 5.74) is 2.98. The van der Waals surface area contributed by atoms with E-state index in [0.717, 1.165) is 31.2 Å². The van der Waals surface area contributed by atoms with Gasteiger partial charge in [-0.2, -0.15) is 0 Å². The summed E-state index contributed by atoms with van der Waals surface area (Å²) in [6.45, 7) is 6.60. The number of rotatable bonds is 5. The third kappa shape index (κ3) is 2.45. The van der Waals surface area contributed by atoms with Crippen molar-refractivity contribution in [2.24, 2.45) is 0 Å². The van der Waals surface area contributed by atoms with Crippen LogP contribution in [0.4, 0.5) is 0 Å². The van der Waals surface area contributed by atoms with Gasteiger partial charge in [0.2, 0.25) is 0 Å². The molecule has 0 aliphatic heterocycles. The predicted molar refractivity (Wildman–Crippen MR) is 63.1 cm³/mol. The van der Waals surface area contributed by atoms with Gasteiger partial charge in [-0.1, -0.05) is 0 Å². The summed E-state index contributed by atoms with van der Waals surface area (Å²) in [5.74, 6) is 0.977. The maximum absolute atomic E-state index is 4.21. The Morgan fingerprint density at radius 2 is 2.31 bits per heavy atom. The Hall–Kier alpha value is -1.27. The molecule has 0 radical (unpaired) electrons. The van der Waals surface area contributed by atoms with Gasteiger partial charge >= 0.3 is 0 Å². The molecular formula is C10H15N5S. The number of nitrogens with one attached hydrogen (secondary N) is 1. The number of hydrogen-bond donors (Lipinski definition) is 1. The first kappa shape index (κ1) is 11.2. The van der Waals surface area contributed by atoms with E-state index in [2.05, 4.69) is 27.4 Å². The van der Waals surface area contributed by atoms with E-state index in [1.807, 2.05) is 17.0 Å². The summed E-state index contributed by atoms with van der Waals surface area (Å²) >= 11 is 1.68. The number of aromatic nitrogens is 4. The molecule has 0 aromatic carbocycles. The van der Waals surface area contributed by atoms with Crippen LogP contribution in [0.3, 0.4) is 0 Å². The van der Waals surface area contributed by atoms with Gasteiger partial charge in [0, 0.05) is 18.0 Å². The summed E-state index contributed by atoms with van der Waals surface area (Å²) in [7, 11) is 0. The highest BCUT2D eigenvalue weighted by molar-refractivity contribution is 7.09. The summed E-state index contributed by atoms with van der Waals surface area (Å²) in [4.78, 5) is 5.49. The molecule has 0 aliphatic rings. The summed E-state index contributed by atoms with van der Waals surface area (Å²) in [6, 6.07) is 0. The van der Waals surface area contributed by atoms with Crippen LogP contribution >= 0.6 is 11.3 Å². The van der Waals surface area contributed by atoms with Gasteiger partial charge in [-0.15, -0.1) is 21.5 Å². The normalized spacial score (nSPS) is 10.9. The molecular weight excluding hydrogens is 222 g/mol. The molecule has 0 spiro atoms. The molecule has 0 saturated carbocycles. The van der Waals surface area contributed by atoms with Gasteiger partial charge in [0.1, 0.15) is 12.2 Å². The van der Waals surface area contributed by atoms with E-state index >= 15 is 0 Å². The van der Waals surface area contributed by atoms with Crippen LogP contribution in [0.15, 0.2) is 11.8 Å². The maximum Gasteiger partial charge on any atom is 0.146 e. The molecule has 2 aromatic heterocycles. The second-order valence-corrected chi connectivity index (χ2v) is 4.44. The summed E-state index contributed by atoms with van der Waals surface area (Å²) in [6.07, 6.45) is 1.76. The van der Waals surface area contributed by atoms with Gasteiger partial charge in [0.15, 0.2) is 0 Å². The van der Waals surface area contributed by atoms with Gasteiger partial charge in [-0.3, -0.25) is 0 Å². The van der Waals surface area contributed by atoms with Crippen molar-refractivity contribution >= 4 is 11.3 Å². The molecule has 2 aromatic rings. The van der Waals surface area contributed by atoms with Crippen molar-refractivity contribution in [1.82, 2.24) is 25.1 Å². The van der Waals surface area contributed by atoms with Gasteiger partial charge in [-0.05, 0) is 13.8 Å². The van der Waals surface area contributed by atoms with E-state index in [0.29, 0.717) is 0 Å². The fourth-order valence-corrected chi connectivity index (χ4v) is 2.21. The summed E-state index contributed by atoms with van der Waals surface area (Å²) < 4.78 is 2.03. The highest BCUT2D eigenvalue weighted by Gasteiger charge is 2.04. The van der Waals surface area contributed by atoms with Gasteiger partial charge < -0.3 is 9.88 Å². The molecule has 0 atom stereocenters. The van der Waals surface area contributed by atoms with E-state index in [4.69, 9.17) is 0 Å². The lowest BCUT2D eigenvalue weighted by Crippen LogP contribution is -2.16. The minimum Gasteiger partial charge on any atom is -0.317 e. The van der Waals surface area contributed by atoms with Crippen LogP contribution in [0.5, 0.6) is 0 Å². The fraction of sp³-hybridized carbons (Fsp3) is 0.500. The average Bonchev–Trinajstić information content (AvgIpc) is 2.88. The average molecular weight is 237 g/mol. The molecule has 0 saturated heterocycles. The van der Waals surface area contributed by atoms with E-state index in [1.165, 1.54) is 4.88 Å². The molecule has 0 aliphatic carbocycles. The molecule has 0 unspecified atom stereocenters. The van der Waals surface area contributed by atoms with Crippen molar-refractivity contribution in [2.45, 2.75) is 33.5 Å². The monoisotopic (exact) mass is 237 g/mol. The molecule has 2 heterocycles. The maximum atomic E-state index is 4.21. The number of hydrogen-bond acceptors (Lipinski definition) is 5. The molecule has 16 heavy (non-hydrogen) atoms. The lowest BCUT2D eigenvalue weighted by atomic mass is 10.4. The zero-order valence-electron chi connectivity index (χ0n) is 9.47. The Morgan fingerprint density at radius 3 is 3.00 bits per heavy atom. The molecule has 86 valence electrons. The first-order valence-electron chi connectivity index (χ1n) is 5.27. The Bertz CT molecular complexity index is 448. The zero-order valence-corrected chi connectivity index (χ0v) is 10.3. The molecule has 2 rings (SSSR count). The van der Waals surface area contributed by atoms with Crippen LogP contribution in [-0.4, -0.2) is 19.7 Å². The van der Waals surface area contributed by atoms with Crippen molar-refractivity contribution in [2.75, 3.05) is 0 Å². The van der Waals surface area contributed by atoms with Crippen molar-refractivity contribution in [3.8, 4) is 0 Å².